The normalized spacial score (nSPS) is 16.3. The summed E-state index contributed by atoms with van der Waals surface area (Å²) in [5, 5.41) is 6.44. The summed E-state index contributed by atoms with van der Waals surface area (Å²) in [6.45, 7) is 0. The van der Waals surface area contributed by atoms with Crippen LogP contribution in [-0.4, -0.2) is 4.98 Å². The molecule has 0 radical (unpaired) electrons. The predicted octanol–water partition coefficient (Wildman–Crippen LogP) is 6.59. The first-order valence-electron chi connectivity index (χ1n) is 10.4. The van der Waals surface area contributed by atoms with Gasteiger partial charge >= 0.3 is 0 Å². The molecule has 5 aromatic rings. The highest BCUT2D eigenvalue weighted by Crippen LogP contribution is 2.42. The maximum atomic E-state index is 6.24. The lowest BCUT2D eigenvalue weighted by atomic mass is 9.77. The zero-order valence-electron chi connectivity index (χ0n) is 16.2. The van der Waals surface area contributed by atoms with Gasteiger partial charge in [-0.05, 0) is 64.1 Å². The van der Waals surface area contributed by atoms with Gasteiger partial charge in [0.05, 0.1) is 11.2 Å². The molecule has 2 N–H and O–H groups in total. The summed E-state index contributed by atoms with van der Waals surface area (Å²) in [4.78, 5) is 5.04. The van der Waals surface area contributed by atoms with Crippen molar-refractivity contribution < 1.29 is 0 Å². The van der Waals surface area contributed by atoms with E-state index >= 15 is 0 Å². The fraction of sp³-hybridized carbons (Fsp3) is 0.148. The number of aromatic nitrogens is 1. The van der Waals surface area contributed by atoms with Gasteiger partial charge in [-0.3, -0.25) is 4.98 Å². The van der Waals surface area contributed by atoms with Gasteiger partial charge in [0.15, 0.2) is 0 Å². The molecule has 1 aromatic heterocycles. The number of rotatable bonds is 1. The molecule has 1 aliphatic rings. The Kier molecular flexibility index (Phi) is 3.60. The van der Waals surface area contributed by atoms with Crippen LogP contribution in [0.3, 0.4) is 0 Å². The molecular formula is C27H22N2. The van der Waals surface area contributed by atoms with E-state index < -0.39 is 0 Å². The number of aryl methyl sites for hydroxylation is 1. The van der Waals surface area contributed by atoms with Gasteiger partial charge in [0.2, 0.25) is 0 Å². The summed E-state index contributed by atoms with van der Waals surface area (Å²) in [6.07, 6.45) is 3.47. The topological polar surface area (TPSA) is 38.9 Å². The second-order valence-electron chi connectivity index (χ2n) is 8.12. The van der Waals surface area contributed by atoms with Crippen molar-refractivity contribution in [2.75, 3.05) is 5.73 Å². The summed E-state index contributed by atoms with van der Waals surface area (Å²) >= 11 is 0. The van der Waals surface area contributed by atoms with Crippen LogP contribution in [-0.2, 0) is 6.42 Å². The maximum Gasteiger partial charge on any atom is 0.0934 e. The lowest BCUT2D eigenvalue weighted by Crippen LogP contribution is -2.13. The Bertz CT molecular complexity index is 1400. The van der Waals surface area contributed by atoms with Gasteiger partial charge in [-0.1, -0.05) is 66.7 Å². The zero-order valence-corrected chi connectivity index (χ0v) is 16.2. The van der Waals surface area contributed by atoms with E-state index in [9.17, 15) is 0 Å². The summed E-state index contributed by atoms with van der Waals surface area (Å²) in [6, 6.07) is 28.3. The molecule has 2 heteroatoms. The molecule has 0 saturated carbocycles. The molecule has 2 nitrogen and oxygen atoms in total. The molecular weight excluding hydrogens is 352 g/mol. The standard InChI is InChI=1S/C27H22N2/c28-24-10-4-7-19-13-16-25(29-27(19)24)23-9-3-6-18-12-14-21-20-8-2-1-5-17(20)11-15-22(21)26(18)23/h1-2,4-5,7-8,10-16,23H,3,6,9,28H2. The average Bonchev–Trinajstić information content (AvgIpc) is 2.78. The van der Waals surface area contributed by atoms with Crippen LogP contribution in [0.5, 0.6) is 0 Å². The molecule has 0 saturated heterocycles. The molecule has 1 heterocycles. The predicted molar refractivity (Wildman–Crippen MR) is 122 cm³/mol. The minimum absolute atomic E-state index is 0.313. The fourth-order valence-corrected chi connectivity index (χ4v) is 5.10. The largest absolute Gasteiger partial charge is 0.397 e. The van der Waals surface area contributed by atoms with E-state index in [1.165, 1.54) is 39.1 Å². The SMILES string of the molecule is Nc1cccc2ccc(C3CCCc4ccc5c(ccc6ccccc65)c43)nc12. The molecule has 0 bridgehead atoms. The van der Waals surface area contributed by atoms with Crippen LogP contribution in [0.4, 0.5) is 5.69 Å². The number of fused-ring (bicyclic) bond motifs is 6. The molecule has 0 fully saturated rings. The Morgan fingerprint density at radius 2 is 1.55 bits per heavy atom. The van der Waals surface area contributed by atoms with Crippen molar-refractivity contribution in [2.24, 2.45) is 0 Å². The third kappa shape index (κ3) is 2.52. The summed E-state index contributed by atoms with van der Waals surface area (Å²) < 4.78 is 0. The van der Waals surface area contributed by atoms with Gasteiger partial charge in [0, 0.05) is 17.0 Å². The Morgan fingerprint density at radius 1 is 0.724 bits per heavy atom. The molecule has 140 valence electrons. The minimum atomic E-state index is 0.313. The average molecular weight is 374 g/mol. The fourth-order valence-electron chi connectivity index (χ4n) is 5.10. The molecule has 0 spiro atoms. The monoisotopic (exact) mass is 374 g/mol. The summed E-state index contributed by atoms with van der Waals surface area (Å²) in [7, 11) is 0. The van der Waals surface area contributed by atoms with Crippen molar-refractivity contribution in [3.8, 4) is 0 Å². The molecule has 1 unspecified atom stereocenters. The molecule has 6 rings (SSSR count). The second-order valence-corrected chi connectivity index (χ2v) is 8.12. The van der Waals surface area contributed by atoms with Crippen LogP contribution in [0.2, 0.25) is 0 Å². The minimum Gasteiger partial charge on any atom is -0.397 e. The van der Waals surface area contributed by atoms with Crippen molar-refractivity contribution in [1.82, 2.24) is 4.98 Å². The second kappa shape index (κ2) is 6.31. The van der Waals surface area contributed by atoms with Crippen LogP contribution in [0, 0.1) is 0 Å². The first-order valence-corrected chi connectivity index (χ1v) is 10.4. The highest BCUT2D eigenvalue weighted by molar-refractivity contribution is 6.09. The lowest BCUT2D eigenvalue weighted by molar-refractivity contribution is 0.610. The van der Waals surface area contributed by atoms with Crippen LogP contribution in [0.25, 0.3) is 32.4 Å². The van der Waals surface area contributed by atoms with E-state index in [-0.39, 0.29) is 0 Å². The molecule has 0 amide bonds. The smallest absolute Gasteiger partial charge is 0.0934 e. The Morgan fingerprint density at radius 3 is 2.52 bits per heavy atom. The maximum absolute atomic E-state index is 6.24. The molecule has 1 aliphatic carbocycles. The van der Waals surface area contributed by atoms with Gasteiger partial charge < -0.3 is 5.73 Å². The third-order valence-electron chi connectivity index (χ3n) is 6.48. The van der Waals surface area contributed by atoms with Crippen LogP contribution in [0.15, 0.2) is 78.9 Å². The number of anilines is 1. The van der Waals surface area contributed by atoms with E-state index in [0.29, 0.717) is 5.92 Å². The number of para-hydroxylation sites is 1. The van der Waals surface area contributed by atoms with E-state index in [0.717, 1.165) is 35.1 Å². The number of benzene rings is 4. The van der Waals surface area contributed by atoms with E-state index in [1.807, 2.05) is 12.1 Å². The molecule has 4 aromatic carbocycles. The zero-order chi connectivity index (χ0) is 19.4. The highest BCUT2D eigenvalue weighted by atomic mass is 14.7. The molecule has 0 aliphatic heterocycles. The first kappa shape index (κ1) is 16.6. The van der Waals surface area contributed by atoms with Crippen LogP contribution >= 0.6 is 0 Å². The number of nitrogen functional groups attached to an aromatic ring is 1. The first-order chi connectivity index (χ1) is 14.3. The number of hydrogen-bond acceptors (Lipinski definition) is 2. The third-order valence-corrected chi connectivity index (χ3v) is 6.48. The van der Waals surface area contributed by atoms with Crippen LogP contribution in [0.1, 0.15) is 35.6 Å². The quantitative estimate of drug-likeness (QED) is 0.265. The lowest BCUT2D eigenvalue weighted by Gasteiger charge is -2.27. The number of nitrogens with two attached hydrogens (primary N) is 1. The van der Waals surface area contributed by atoms with Gasteiger partial charge in [0.25, 0.3) is 0 Å². The van der Waals surface area contributed by atoms with Crippen molar-refractivity contribution in [3.63, 3.8) is 0 Å². The van der Waals surface area contributed by atoms with Gasteiger partial charge in [-0.25, -0.2) is 0 Å². The Balaban J connectivity index is 1.62. The van der Waals surface area contributed by atoms with Crippen molar-refractivity contribution in [2.45, 2.75) is 25.2 Å². The summed E-state index contributed by atoms with van der Waals surface area (Å²) in [5.74, 6) is 0.313. The van der Waals surface area contributed by atoms with E-state index in [4.69, 9.17) is 10.7 Å². The van der Waals surface area contributed by atoms with Gasteiger partial charge in [-0.2, -0.15) is 0 Å². The van der Waals surface area contributed by atoms with Crippen LogP contribution < -0.4 is 5.73 Å². The Labute approximate surface area is 170 Å². The number of pyridine rings is 1. The van der Waals surface area contributed by atoms with Crippen molar-refractivity contribution in [3.05, 3.63) is 95.7 Å². The van der Waals surface area contributed by atoms with E-state index in [1.54, 1.807) is 0 Å². The molecule has 1 atom stereocenters. The highest BCUT2D eigenvalue weighted by Gasteiger charge is 2.25. The summed E-state index contributed by atoms with van der Waals surface area (Å²) in [5.41, 5.74) is 12.0. The molecule has 29 heavy (non-hydrogen) atoms. The van der Waals surface area contributed by atoms with Crippen molar-refractivity contribution in [1.29, 1.82) is 0 Å². The number of hydrogen-bond donors (Lipinski definition) is 1. The Hall–Kier alpha value is -3.39. The van der Waals surface area contributed by atoms with E-state index in [2.05, 4.69) is 66.7 Å². The number of nitrogens with zero attached hydrogens (tertiary/aromatic N) is 1. The van der Waals surface area contributed by atoms with Crippen molar-refractivity contribution >= 4 is 38.1 Å². The van der Waals surface area contributed by atoms with Gasteiger partial charge in [-0.15, -0.1) is 0 Å². The van der Waals surface area contributed by atoms with Gasteiger partial charge in [0.1, 0.15) is 0 Å².